The molecule has 6 heteroatoms. The van der Waals surface area contributed by atoms with Gasteiger partial charge in [-0.15, -0.1) is 0 Å². The largest absolute Gasteiger partial charge is 0.463 e. The van der Waals surface area contributed by atoms with E-state index in [1.807, 2.05) is 24.5 Å². The first-order chi connectivity index (χ1) is 15.7. The molecular weight excluding hydrogens is 402 g/mol. The Bertz CT molecular complexity index is 937. The molecule has 0 amide bonds. The van der Waals surface area contributed by atoms with Crippen LogP contribution in [0.15, 0.2) is 79.4 Å². The van der Waals surface area contributed by atoms with Crippen LogP contribution in [-0.2, 0) is 15.1 Å². The van der Waals surface area contributed by atoms with Crippen LogP contribution in [-0.4, -0.2) is 52.2 Å². The van der Waals surface area contributed by atoms with E-state index in [9.17, 15) is 9.90 Å². The van der Waals surface area contributed by atoms with E-state index in [0.29, 0.717) is 17.5 Å². The van der Waals surface area contributed by atoms with Gasteiger partial charge in [0.2, 0.25) is 5.60 Å². The van der Waals surface area contributed by atoms with Crippen LogP contribution in [0.1, 0.15) is 41.9 Å². The SMILES string of the molecule is O=C(OCC[C@@H](CN1CCCC1)c1cncnc1)C(O)(c1ccccc1)c1ccccc1. The summed E-state index contributed by atoms with van der Waals surface area (Å²) in [5, 5.41) is 11.5. The molecule has 32 heavy (non-hydrogen) atoms. The van der Waals surface area contributed by atoms with E-state index in [1.165, 1.54) is 19.2 Å². The van der Waals surface area contributed by atoms with Gasteiger partial charge in [0.25, 0.3) is 0 Å². The van der Waals surface area contributed by atoms with E-state index in [2.05, 4.69) is 14.9 Å². The van der Waals surface area contributed by atoms with E-state index < -0.39 is 11.6 Å². The number of hydrogen-bond acceptors (Lipinski definition) is 6. The van der Waals surface area contributed by atoms with Crippen molar-refractivity contribution in [2.45, 2.75) is 30.8 Å². The lowest BCUT2D eigenvalue weighted by Crippen LogP contribution is -2.39. The molecule has 1 saturated heterocycles. The maximum absolute atomic E-state index is 13.2. The van der Waals surface area contributed by atoms with Crippen LogP contribution in [0, 0.1) is 0 Å². The number of rotatable bonds is 9. The molecule has 2 aromatic carbocycles. The predicted molar refractivity (Wildman–Crippen MR) is 122 cm³/mol. The number of nitrogens with zero attached hydrogens (tertiary/aromatic N) is 3. The number of aromatic nitrogens is 2. The van der Waals surface area contributed by atoms with Crippen molar-refractivity contribution in [2.24, 2.45) is 0 Å². The average Bonchev–Trinajstić information content (AvgIpc) is 3.37. The van der Waals surface area contributed by atoms with Crippen molar-refractivity contribution in [3.05, 3.63) is 96.1 Å². The normalized spacial score (nSPS) is 15.4. The molecule has 1 fully saturated rings. The second-order valence-electron chi connectivity index (χ2n) is 8.24. The summed E-state index contributed by atoms with van der Waals surface area (Å²) in [5.74, 6) is -0.511. The molecule has 3 aromatic rings. The average molecular weight is 432 g/mol. The minimum absolute atomic E-state index is 0.156. The first kappa shape index (κ1) is 22.1. The minimum Gasteiger partial charge on any atom is -0.463 e. The van der Waals surface area contributed by atoms with Gasteiger partial charge in [-0.3, -0.25) is 0 Å². The Morgan fingerprint density at radius 3 is 2.09 bits per heavy atom. The number of aliphatic hydroxyl groups is 1. The third-order valence-corrected chi connectivity index (χ3v) is 6.11. The zero-order valence-corrected chi connectivity index (χ0v) is 18.1. The fourth-order valence-electron chi connectivity index (χ4n) is 4.32. The number of likely N-dealkylation sites (tertiary alicyclic amines) is 1. The molecule has 4 rings (SSSR count). The van der Waals surface area contributed by atoms with Gasteiger partial charge < -0.3 is 14.7 Å². The van der Waals surface area contributed by atoms with Crippen molar-refractivity contribution in [2.75, 3.05) is 26.2 Å². The Kier molecular flexibility index (Phi) is 7.24. The Morgan fingerprint density at radius 1 is 0.969 bits per heavy atom. The molecule has 0 spiro atoms. The van der Waals surface area contributed by atoms with Gasteiger partial charge in [0.05, 0.1) is 6.61 Å². The second kappa shape index (κ2) is 10.5. The third-order valence-electron chi connectivity index (χ3n) is 6.11. The zero-order chi connectivity index (χ0) is 22.2. The van der Waals surface area contributed by atoms with E-state index in [-0.39, 0.29) is 12.5 Å². The van der Waals surface area contributed by atoms with Gasteiger partial charge in [-0.05, 0) is 49.0 Å². The number of esters is 1. The van der Waals surface area contributed by atoms with Crippen molar-refractivity contribution >= 4 is 5.97 Å². The molecule has 1 atom stereocenters. The number of carbonyl (C=O) groups is 1. The molecule has 0 bridgehead atoms. The first-order valence-electron chi connectivity index (χ1n) is 11.2. The summed E-state index contributed by atoms with van der Waals surface area (Å²) in [6, 6.07) is 17.9. The van der Waals surface area contributed by atoms with Gasteiger partial charge in [-0.2, -0.15) is 0 Å². The van der Waals surface area contributed by atoms with Crippen LogP contribution in [0.25, 0.3) is 0 Å². The van der Waals surface area contributed by atoms with E-state index >= 15 is 0 Å². The fourth-order valence-corrected chi connectivity index (χ4v) is 4.32. The first-order valence-corrected chi connectivity index (χ1v) is 11.2. The molecular formula is C26H29N3O3. The minimum atomic E-state index is -1.86. The lowest BCUT2D eigenvalue weighted by atomic mass is 9.86. The fraction of sp³-hybridized carbons (Fsp3) is 0.346. The smallest absolute Gasteiger partial charge is 0.347 e. The molecule has 1 aliphatic heterocycles. The summed E-state index contributed by atoms with van der Waals surface area (Å²) in [6.45, 7) is 3.26. The van der Waals surface area contributed by atoms with Gasteiger partial charge in [-0.1, -0.05) is 60.7 Å². The molecule has 2 heterocycles. The van der Waals surface area contributed by atoms with Crippen LogP contribution in [0.5, 0.6) is 0 Å². The highest BCUT2D eigenvalue weighted by Crippen LogP contribution is 2.31. The van der Waals surface area contributed by atoms with E-state index in [0.717, 1.165) is 25.2 Å². The van der Waals surface area contributed by atoms with Gasteiger partial charge in [-0.25, -0.2) is 14.8 Å². The number of ether oxygens (including phenoxy) is 1. The Morgan fingerprint density at radius 2 is 1.53 bits per heavy atom. The highest BCUT2D eigenvalue weighted by atomic mass is 16.5. The van der Waals surface area contributed by atoms with Crippen LogP contribution < -0.4 is 0 Å². The van der Waals surface area contributed by atoms with Gasteiger partial charge >= 0.3 is 5.97 Å². The van der Waals surface area contributed by atoms with Gasteiger partial charge in [0.1, 0.15) is 6.33 Å². The monoisotopic (exact) mass is 431 g/mol. The maximum atomic E-state index is 13.2. The standard InChI is InChI=1S/C26H29N3O3/c30-25(26(31,23-9-3-1-4-10-23)24-11-5-2-6-12-24)32-16-13-21(19-29-14-7-8-15-29)22-17-27-20-28-18-22/h1-6,9-12,17-18,20-21,31H,7-8,13-16,19H2/t21-/m0/s1. The molecule has 0 radical (unpaired) electrons. The Labute approximate surface area is 188 Å². The van der Waals surface area contributed by atoms with Crippen LogP contribution in [0.4, 0.5) is 0 Å². The lowest BCUT2D eigenvalue weighted by molar-refractivity contribution is -0.162. The number of carbonyl (C=O) groups excluding carboxylic acids is 1. The molecule has 0 saturated carbocycles. The second-order valence-corrected chi connectivity index (χ2v) is 8.24. The van der Waals surface area contributed by atoms with Crippen molar-refractivity contribution in [3.63, 3.8) is 0 Å². The molecule has 0 aliphatic carbocycles. The summed E-state index contributed by atoms with van der Waals surface area (Å²) >= 11 is 0. The summed E-state index contributed by atoms with van der Waals surface area (Å²) < 4.78 is 5.68. The highest BCUT2D eigenvalue weighted by molar-refractivity contribution is 5.85. The maximum Gasteiger partial charge on any atom is 0.347 e. The van der Waals surface area contributed by atoms with Crippen LogP contribution >= 0.6 is 0 Å². The number of benzene rings is 2. The molecule has 166 valence electrons. The Hall–Kier alpha value is -3.09. The molecule has 1 aliphatic rings. The lowest BCUT2D eigenvalue weighted by Gasteiger charge is -2.28. The van der Waals surface area contributed by atoms with E-state index in [4.69, 9.17) is 4.74 Å². The molecule has 1 N–H and O–H groups in total. The van der Waals surface area contributed by atoms with Crippen molar-refractivity contribution in [1.29, 1.82) is 0 Å². The summed E-state index contributed by atoms with van der Waals surface area (Å²) in [5.41, 5.74) is 0.155. The summed E-state index contributed by atoms with van der Waals surface area (Å²) in [7, 11) is 0. The third kappa shape index (κ3) is 5.03. The van der Waals surface area contributed by atoms with Crippen LogP contribution in [0.3, 0.4) is 0 Å². The molecule has 6 nitrogen and oxygen atoms in total. The zero-order valence-electron chi connectivity index (χ0n) is 18.1. The van der Waals surface area contributed by atoms with Gasteiger partial charge in [0, 0.05) is 24.9 Å². The van der Waals surface area contributed by atoms with Crippen molar-refractivity contribution < 1.29 is 14.6 Å². The molecule has 0 unspecified atom stereocenters. The Balaban J connectivity index is 1.48. The van der Waals surface area contributed by atoms with Gasteiger partial charge in [0.15, 0.2) is 0 Å². The summed E-state index contributed by atoms with van der Waals surface area (Å²) in [6.07, 6.45) is 8.26. The van der Waals surface area contributed by atoms with E-state index in [1.54, 1.807) is 48.5 Å². The quantitative estimate of drug-likeness (QED) is 0.523. The van der Waals surface area contributed by atoms with Crippen molar-refractivity contribution in [3.8, 4) is 0 Å². The molecule has 1 aromatic heterocycles. The highest BCUT2D eigenvalue weighted by Gasteiger charge is 2.41. The number of hydrogen-bond donors (Lipinski definition) is 1. The predicted octanol–water partition coefficient (Wildman–Crippen LogP) is 3.53. The topological polar surface area (TPSA) is 75.5 Å². The van der Waals surface area contributed by atoms with Crippen molar-refractivity contribution in [1.82, 2.24) is 14.9 Å². The van der Waals surface area contributed by atoms with Crippen LogP contribution in [0.2, 0.25) is 0 Å². The summed E-state index contributed by atoms with van der Waals surface area (Å²) in [4.78, 5) is 24.0.